The van der Waals surface area contributed by atoms with Gasteiger partial charge in [0.25, 0.3) is 5.91 Å². The smallest absolute Gasteiger partial charge is 0.272 e. The number of nitrogens with one attached hydrogen (secondary N) is 1. The van der Waals surface area contributed by atoms with Gasteiger partial charge in [0, 0.05) is 30.1 Å². The SMILES string of the molecule is Cc1nn(C)c(C)c1/C=N/NC(=O)c1cn(-c2ccccc2)nc1-c1ccccc1. The van der Waals surface area contributed by atoms with Gasteiger partial charge in [-0.05, 0) is 26.0 Å². The number of aryl methyl sites for hydroxylation is 2. The highest BCUT2D eigenvalue weighted by Gasteiger charge is 2.18. The third-order valence-corrected chi connectivity index (χ3v) is 4.95. The molecular formula is C23H22N6O. The summed E-state index contributed by atoms with van der Waals surface area (Å²) in [6.07, 6.45) is 3.35. The van der Waals surface area contributed by atoms with Gasteiger partial charge in [0.1, 0.15) is 5.69 Å². The Morgan fingerprint density at radius 2 is 1.67 bits per heavy atom. The van der Waals surface area contributed by atoms with Crippen molar-refractivity contribution in [1.82, 2.24) is 25.0 Å². The molecule has 2 aromatic heterocycles. The molecule has 7 heteroatoms. The number of nitrogens with zero attached hydrogens (tertiary/aromatic N) is 5. The topological polar surface area (TPSA) is 77.1 Å². The van der Waals surface area contributed by atoms with Crippen LogP contribution in [0.3, 0.4) is 0 Å². The minimum atomic E-state index is -0.327. The first-order chi connectivity index (χ1) is 14.5. The number of hydrazone groups is 1. The molecule has 0 aliphatic carbocycles. The highest BCUT2D eigenvalue weighted by atomic mass is 16.2. The number of amides is 1. The van der Waals surface area contributed by atoms with Crippen molar-refractivity contribution in [2.75, 3.05) is 0 Å². The monoisotopic (exact) mass is 398 g/mol. The van der Waals surface area contributed by atoms with Gasteiger partial charge in [0.05, 0.1) is 23.2 Å². The first-order valence-electron chi connectivity index (χ1n) is 9.58. The fourth-order valence-corrected chi connectivity index (χ4v) is 3.25. The summed E-state index contributed by atoms with van der Waals surface area (Å²) in [5, 5.41) is 13.2. The van der Waals surface area contributed by atoms with Crippen molar-refractivity contribution in [3.63, 3.8) is 0 Å². The quantitative estimate of drug-likeness (QED) is 0.412. The highest BCUT2D eigenvalue weighted by molar-refractivity contribution is 6.00. The molecule has 0 radical (unpaired) electrons. The first-order valence-corrected chi connectivity index (χ1v) is 9.58. The van der Waals surface area contributed by atoms with Crippen molar-refractivity contribution in [3.05, 3.63) is 89.4 Å². The number of hydrogen-bond acceptors (Lipinski definition) is 4. The molecule has 0 aliphatic heterocycles. The second-order valence-electron chi connectivity index (χ2n) is 6.94. The second kappa shape index (κ2) is 8.16. The number of carbonyl (C=O) groups excluding carboxylic acids is 1. The fourth-order valence-electron chi connectivity index (χ4n) is 3.25. The number of hydrogen-bond donors (Lipinski definition) is 1. The van der Waals surface area contributed by atoms with E-state index in [-0.39, 0.29) is 5.91 Å². The Morgan fingerprint density at radius 3 is 2.30 bits per heavy atom. The van der Waals surface area contributed by atoms with Crippen molar-refractivity contribution in [2.45, 2.75) is 13.8 Å². The Kier molecular flexibility index (Phi) is 5.26. The van der Waals surface area contributed by atoms with Crippen LogP contribution in [0.5, 0.6) is 0 Å². The summed E-state index contributed by atoms with van der Waals surface area (Å²) in [6, 6.07) is 19.3. The maximum atomic E-state index is 12.9. The predicted molar refractivity (Wildman–Crippen MR) is 117 cm³/mol. The van der Waals surface area contributed by atoms with E-state index in [1.54, 1.807) is 21.8 Å². The number of aromatic nitrogens is 4. The van der Waals surface area contributed by atoms with E-state index in [2.05, 4.69) is 20.7 Å². The van der Waals surface area contributed by atoms with E-state index in [1.165, 1.54) is 0 Å². The molecule has 0 fully saturated rings. The van der Waals surface area contributed by atoms with Crippen molar-refractivity contribution >= 4 is 12.1 Å². The molecule has 4 aromatic rings. The lowest BCUT2D eigenvalue weighted by Crippen LogP contribution is -2.18. The summed E-state index contributed by atoms with van der Waals surface area (Å²) in [7, 11) is 1.88. The van der Waals surface area contributed by atoms with Crippen LogP contribution in [0.1, 0.15) is 27.3 Å². The molecular weight excluding hydrogens is 376 g/mol. The van der Waals surface area contributed by atoms with E-state index in [0.29, 0.717) is 11.3 Å². The van der Waals surface area contributed by atoms with Crippen LogP contribution in [0.15, 0.2) is 72.0 Å². The van der Waals surface area contributed by atoms with Gasteiger partial charge in [-0.2, -0.15) is 15.3 Å². The minimum Gasteiger partial charge on any atom is -0.272 e. The zero-order valence-corrected chi connectivity index (χ0v) is 17.1. The van der Waals surface area contributed by atoms with Crippen molar-refractivity contribution in [2.24, 2.45) is 12.1 Å². The lowest BCUT2D eigenvalue weighted by Gasteiger charge is -2.01. The van der Waals surface area contributed by atoms with Gasteiger partial charge in [0.2, 0.25) is 0 Å². The lowest BCUT2D eigenvalue weighted by atomic mass is 10.1. The van der Waals surface area contributed by atoms with Crippen molar-refractivity contribution in [1.29, 1.82) is 0 Å². The first kappa shape index (κ1) is 19.3. The summed E-state index contributed by atoms with van der Waals surface area (Å²) >= 11 is 0. The number of para-hydroxylation sites is 1. The maximum absolute atomic E-state index is 12.9. The molecule has 7 nitrogen and oxygen atoms in total. The maximum Gasteiger partial charge on any atom is 0.275 e. The molecule has 0 spiro atoms. The Balaban J connectivity index is 1.66. The van der Waals surface area contributed by atoms with E-state index in [1.807, 2.05) is 81.6 Å². The summed E-state index contributed by atoms with van der Waals surface area (Å²) in [6.45, 7) is 3.87. The average molecular weight is 398 g/mol. The van der Waals surface area contributed by atoms with E-state index >= 15 is 0 Å². The molecule has 0 bridgehead atoms. The van der Waals surface area contributed by atoms with E-state index < -0.39 is 0 Å². The van der Waals surface area contributed by atoms with Crippen LogP contribution in [0.25, 0.3) is 16.9 Å². The van der Waals surface area contributed by atoms with Gasteiger partial charge in [-0.3, -0.25) is 9.48 Å². The summed E-state index contributed by atoms with van der Waals surface area (Å²) < 4.78 is 3.49. The Hall–Kier alpha value is -4.00. The average Bonchev–Trinajstić information content (AvgIpc) is 3.32. The van der Waals surface area contributed by atoms with Gasteiger partial charge in [-0.15, -0.1) is 0 Å². The van der Waals surface area contributed by atoms with Gasteiger partial charge < -0.3 is 0 Å². The summed E-state index contributed by atoms with van der Waals surface area (Å²) in [5.74, 6) is -0.327. The summed E-state index contributed by atoms with van der Waals surface area (Å²) in [4.78, 5) is 12.9. The summed E-state index contributed by atoms with van der Waals surface area (Å²) in [5.41, 5.74) is 8.13. The standard InChI is InChI=1S/C23H22N6O/c1-16-20(17(2)28(3)26-16)14-24-25-23(30)21-15-29(19-12-8-5-9-13-19)27-22(21)18-10-6-4-7-11-18/h4-15H,1-3H3,(H,25,30)/b24-14+. The van der Waals surface area contributed by atoms with E-state index in [0.717, 1.165) is 28.2 Å². The van der Waals surface area contributed by atoms with Gasteiger partial charge >= 0.3 is 0 Å². The lowest BCUT2D eigenvalue weighted by molar-refractivity contribution is 0.0955. The molecule has 0 unspecified atom stereocenters. The Bertz CT molecular complexity index is 1210. The Labute approximate surface area is 174 Å². The van der Waals surface area contributed by atoms with Crippen LogP contribution < -0.4 is 5.43 Å². The number of rotatable bonds is 5. The molecule has 1 N–H and O–H groups in total. The van der Waals surface area contributed by atoms with E-state index in [4.69, 9.17) is 0 Å². The van der Waals surface area contributed by atoms with Gasteiger partial charge in [0.15, 0.2) is 0 Å². The van der Waals surface area contributed by atoms with Gasteiger partial charge in [-0.1, -0.05) is 48.5 Å². The van der Waals surface area contributed by atoms with Crippen LogP contribution in [-0.2, 0) is 7.05 Å². The number of benzene rings is 2. The predicted octanol–water partition coefficient (Wildman–Crippen LogP) is 3.65. The van der Waals surface area contributed by atoms with Crippen LogP contribution in [-0.4, -0.2) is 31.7 Å². The third-order valence-electron chi connectivity index (χ3n) is 4.95. The van der Waals surface area contributed by atoms with Crippen molar-refractivity contribution in [3.8, 4) is 16.9 Å². The molecule has 1 amide bonds. The molecule has 2 heterocycles. The molecule has 0 saturated carbocycles. The van der Waals surface area contributed by atoms with Crippen LogP contribution in [0, 0.1) is 13.8 Å². The molecule has 0 aliphatic rings. The molecule has 0 saturated heterocycles. The number of carbonyl (C=O) groups is 1. The largest absolute Gasteiger partial charge is 0.275 e. The Morgan fingerprint density at radius 1 is 1.00 bits per heavy atom. The molecule has 150 valence electrons. The van der Waals surface area contributed by atoms with E-state index in [9.17, 15) is 4.79 Å². The highest BCUT2D eigenvalue weighted by Crippen LogP contribution is 2.23. The molecule has 0 atom stereocenters. The molecule has 4 rings (SSSR count). The molecule has 30 heavy (non-hydrogen) atoms. The minimum absolute atomic E-state index is 0.327. The van der Waals surface area contributed by atoms with Crippen LogP contribution in [0.2, 0.25) is 0 Å². The second-order valence-corrected chi connectivity index (χ2v) is 6.94. The van der Waals surface area contributed by atoms with Crippen molar-refractivity contribution < 1.29 is 4.79 Å². The van der Waals surface area contributed by atoms with Crippen LogP contribution >= 0.6 is 0 Å². The van der Waals surface area contributed by atoms with Gasteiger partial charge in [-0.25, -0.2) is 10.1 Å². The normalized spacial score (nSPS) is 11.2. The van der Waals surface area contributed by atoms with Crippen LogP contribution in [0.4, 0.5) is 0 Å². The zero-order valence-electron chi connectivity index (χ0n) is 17.1. The third kappa shape index (κ3) is 3.77. The molecule has 2 aromatic carbocycles. The fraction of sp³-hybridized carbons (Fsp3) is 0.130. The zero-order chi connectivity index (χ0) is 21.1.